The number of carboxylic acid groups (broad SMARTS) is 1. The van der Waals surface area contributed by atoms with Crippen LogP contribution in [0.4, 0.5) is 0 Å². The summed E-state index contributed by atoms with van der Waals surface area (Å²) >= 11 is 9.32. The van der Waals surface area contributed by atoms with Crippen LogP contribution in [0.25, 0.3) is 0 Å². The van der Waals surface area contributed by atoms with Crippen LogP contribution in [-0.4, -0.2) is 34.5 Å². The maximum atomic E-state index is 12.4. The van der Waals surface area contributed by atoms with E-state index in [4.69, 9.17) is 11.6 Å². The Morgan fingerprint density at radius 3 is 2.74 bits per heavy atom. The zero-order valence-corrected chi connectivity index (χ0v) is 12.4. The normalized spacial score (nSPS) is 19.3. The highest BCUT2D eigenvalue weighted by molar-refractivity contribution is 9.10. The van der Waals surface area contributed by atoms with Crippen molar-refractivity contribution >= 4 is 39.4 Å². The van der Waals surface area contributed by atoms with Gasteiger partial charge in [0.1, 0.15) is 6.04 Å². The molecule has 0 spiro atoms. The SMILES string of the molecule is O=C(O)[C@@H]1CCCCN1C(=O)c1ccc(Br)cc1Cl. The standard InChI is InChI=1S/C13H13BrClNO3/c14-8-4-5-9(10(15)7-8)12(17)16-6-2-1-3-11(16)13(18)19/h4-5,7,11H,1-3,6H2,(H,18,19)/t11-/m0/s1. The fourth-order valence-electron chi connectivity index (χ4n) is 2.25. The maximum Gasteiger partial charge on any atom is 0.326 e. The van der Waals surface area contributed by atoms with E-state index in [-0.39, 0.29) is 5.91 Å². The minimum Gasteiger partial charge on any atom is -0.480 e. The molecule has 102 valence electrons. The molecule has 0 aliphatic carbocycles. The molecule has 6 heteroatoms. The highest BCUT2D eigenvalue weighted by Crippen LogP contribution is 2.26. The first-order valence-electron chi connectivity index (χ1n) is 5.99. The van der Waals surface area contributed by atoms with E-state index in [0.29, 0.717) is 23.6 Å². The summed E-state index contributed by atoms with van der Waals surface area (Å²) < 4.78 is 0.780. The Hall–Kier alpha value is -1.07. The molecule has 19 heavy (non-hydrogen) atoms. The summed E-state index contributed by atoms with van der Waals surface area (Å²) in [5.41, 5.74) is 0.345. The Kier molecular flexibility index (Phi) is 4.47. The summed E-state index contributed by atoms with van der Waals surface area (Å²) in [5.74, 6) is -1.27. The summed E-state index contributed by atoms with van der Waals surface area (Å²) in [6.45, 7) is 0.461. The Labute approximate surface area is 124 Å². The molecule has 0 bridgehead atoms. The van der Waals surface area contributed by atoms with Crippen LogP contribution in [-0.2, 0) is 4.79 Å². The highest BCUT2D eigenvalue weighted by Gasteiger charge is 2.33. The van der Waals surface area contributed by atoms with E-state index in [0.717, 1.165) is 17.3 Å². The summed E-state index contributed by atoms with van der Waals surface area (Å²) in [4.78, 5) is 25.0. The molecule has 1 N–H and O–H groups in total. The molecule has 1 amide bonds. The van der Waals surface area contributed by atoms with Crippen molar-refractivity contribution in [3.63, 3.8) is 0 Å². The lowest BCUT2D eigenvalue weighted by atomic mass is 10.0. The first kappa shape index (κ1) is 14.3. The number of amides is 1. The number of halogens is 2. The van der Waals surface area contributed by atoms with E-state index in [2.05, 4.69) is 15.9 Å². The third-order valence-electron chi connectivity index (χ3n) is 3.21. The van der Waals surface area contributed by atoms with Crippen molar-refractivity contribution in [1.82, 2.24) is 4.90 Å². The van der Waals surface area contributed by atoms with Crippen LogP contribution in [0.5, 0.6) is 0 Å². The zero-order valence-electron chi connectivity index (χ0n) is 10.1. The van der Waals surface area contributed by atoms with Crippen molar-refractivity contribution in [1.29, 1.82) is 0 Å². The van der Waals surface area contributed by atoms with E-state index in [9.17, 15) is 14.7 Å². The van der Waals surface area contributed by atoms with Crippen LogP contribution in [0.15, 0.2) is 22.7 Å². The molecule has 1 heterocycles. The van der Waals surface area contributed by atoms with E-state index in [1.165, 1.54) is 4.90 Å². The second kappa shape index (κ2) is 5.92. The largest absolute Gasteiger partial charge is 0.480 e. The molecule has 1 aromatic rings. The quantitative estimate of drug-likeness (QED) is 0.895. The molecular formula is C13H13BrClNO3. The molecule has 2 rings (SSSR count). The number of piperidine rings is 1. The zero-order chi connectivity index (χ0) is 14.0. The Bertz CT molecular complexity index is 521. The second-order valence-electron chi connectivity index (χ2n) is 4.47. The van der Waals surface area contributed by atoms with Gasteiger partial charge in [-0.15, -0.1) is 0 Å². The lowest BCUT2D eigenvalue weighted by Gasteiger charge is -2.33. The third kappa shape index (κ3) is 3.09. The minimum atomic E-state index is -0.957. The smallest absolute Gasteiger partial charge is 0.326 e. The second-order valence-corrected chi connectivity index (χ2v) is 5.80. The molecule has 1 atom stereocenters. The van der Waals surface area contributed by atoms with Gasteiger partial charge in [-0.25, -0.2) is 4.79 Å². The molecule has 1 aliphatic rings. The van der Waals surface area contributed by atoms with Crippen molar-refractivity contribution in [2.24, 2.45) is 0 Å². The number of aliphatic carboxylic acids is 1. The van der Waals surface area contributed by atoms with Gasteiger partial charge in [0.05, 0.1) is 10.6 Å². The number of hydrogen-bond acceptors (Lipinski definition) is 2. The molecule has 0 radical (unpaired) electrons. The number of carbonyl (C=O) groups excluding carboxylic acids is 1. The first-order valence-corrected chi connectivity index (χ1v) is 7.16. The van der Waals surface area contributed by atoms with Crippen molar-refractivity contribution in [2.75, 3.05) is 6.54 Å². The Morgan fingerprint density at radius 1 is 1.37 bits per heavy atom. The van der Waals surface area contributed by atoms with Crippen LogP contribution >= 0.6 is 27.5 Å². The molecule has 0 unspecified atom stereocenters. The number of rotatable bonds is 2. The average Bonchev–Trinajstić information content (AvgIpc) is 2.38. The van der Waals surface area contributed by atoms with Gasteiger partial charge in [0.2, 0.25) is 0 Å². The molecule has 1 aliphatic heterocycles. The monoisotopic (exact) mass is 345 g/mol. The minimum absolute atomic E-state index is 0.315. The van der Waals surface area contributed by atoms with Gasteiger partial charge < -0.3 is 10.0 Å². The van der Waals surface area contributed by atoms with E-state index >= 15 is 0 Å². The number of nitrogens with zero attached hydrogens (tertiary/aromatic N) is 1. The number of carboxylic acids is 1. The molecule has 1 aromatic carbocycles. The maximum absolute atomic E-state index is 12.4. The molecule has 0 aromatic heterocycles. The van der Waals surface area contributed by atoms with Gasteiger partial charge in [0.15, 0.2) is 0 Å². The van der Waals surface area contributed by atoms with Crippen molar-refractivity contribution < 1.29 is 14.7 Å². The molecule has 0 saturated carbocycles. The Morgan fingerprint density at radius 2 is 2.11 bits per heavy atom. The van der Waals surface area contributed by atoms with Gasteiger partial charge in [0, 0.05) is 11.0 Å². The lowest BCUT2D eigenvalue weighted by molar-refractivity contribution is -0.143. The fourth-order valence-corrected chi connectivity index (χ4v) is 3.00. The van der Waals surface area contributed by atoms with E-state index in [1.807, 2.05) is 0 Å². The summed E-state index contributed by atoms with van der Waals surface area (Å²) in [6, 6.07) is 4.22. The summed E-state index contributed by atoms with van der Waals surface area (Å²) in [5, 5.41) is 9.51. The van der Waals surface area contributed by atoms with Crippen molar-refractivity contribution in [3.05, 3.63) is 33.3 Å². The lowest BCUT2D eigenvalue weighted by Crippen LogP contribution is -2.48. The number of benzene rings is 1. The number of hydrogen-bond donors (Lipinski definition) is 1. The highest BCUT2D eigenvalue weighted by atomic mass is 79.9. The average molecular weight is 347 g/mol. The summed E-state index contributed by atoms with van der Waals surface area (Å²) in [6.07, 6.45) is 2.15. The molecule has 4 nitrogen and oxygen atoms in total. The van der Waals surface area contributed by atoms with Gasteiger partial charge in [-0.2, -0.15) is 0 Å². The number of carbonyl (C=O) groups is 2. The first-order chi connectivity index (χ1) is 9.00. The predicted molar refractivity (Wildman–Crippen MR) is 75.5 cm³/mol. The van der Waals surface area contributed by atoms with Gasteiger partial charge in [-0.3, -0.25) is 4.79 Å². The predicted octanol–water partition coefficient (Wildman–Crippen LogP) is 3.18. The molecule has 1 fully saturated rings. The topological polar surface area (TPSA) is 57.6 Å². The van der Waals surface area contributed by atoms with Crippen molar-refractivity contribution in [3.8, 4) is 0 Å². The Balaban J connectivity index is 2.28. The van der Waals surface area contributed by atoms with Crippen LogP contribution in [0, 0.1) is 0 Å². The summed E-state index contributed by atoms with van der Waals surface area (Å²) in [7, 11) is 0. The fraction of sp³-hybridized carbons (Fsp3) is 0.385. The van der Waals surface area contributed by atoms with Crippen LogP contribution in [0.2, 0.25) is 5.02 Å². The van der Waals surface area contributed by atoms with Gasteiger partial charge >= 0.3 is 5.97 Å². The number of likely N-dealkylation sites (tertiary alicyclic amines) is 1. The van der Waals surface area contributed by atoms with Gasteiger partial charge in [0.25, 0.3) is 5.91 Å². The third-order valence-corrected chi connectivity index (χ3v) is 4.02. The van der Waals surface area contributed by atoms with Gasteiger partial charge in [-0.1, -0.05) is 27.5 Å². The van der Waals surface area contributed by atoms with E-state index < -0.39 is 12.0 Å². The van der Waals surface area contributed by atoms with E-state index in [1.54, 1.807) is 18.2 Å². The van der Waals surface area contributed by atoms with Crippen LogP contribution in [0.3, 0.4) is 0 Å². The van der Waals surface area contributed by atoms with Gasteiger partial charge in [-0.05, 0) is 37.5 Å². The van der Waals surface area contributed by atoms with Crippen molar-refractivity contribution in [2.45, 2.75) is 25.3 Å². The molecule has 1 saturated heterocycles. The van der Waals surface area contributed by atoms with Crippen LogP contribution in [0.1, 0.15) is 29.6 Å². The van der Waals surface area contributed by atoms with Crippen LogP contribution < -0.4 is 0 Å². The molecular weight excluding hydrogens is 334 g/mol.